The van der Waals surface area contributed by atoms with Crippen molar-refractivity contribution in [3.8, 4) is 5.75 Å². The lowest BCUT2D eigenvalue weighted by atomic mass is 9.95. The molecule has 0 bridgehead atoms. The summed E-state index contributed by atoms with van der Waals surface area (Å²) in [5, 5.41) is 8.71. The molecule has 2 aromatic carbocycles. The van der Waals surface area contributed by atoms with Crippen LogP contribution in [0.4, 0.5) is 15.3 Å². The van der Waals surface area contributed by atoms with Crippen LogP contribution in [0.15, 0.2) is 54.6 Å². The summed E-state index contributed by atoms with van der Waals surface area (Å²) in [6.45, 7) is 0.395. The number of hydrogen-bond donors (Lipinski definition) is 3. The largest absolute Gasteiger partial charge is 0.497 e. The number of benzene rings is 2. The summed E-state index contributed by atoms with van der Waals surface area (Å²) in [6.07, 6.45) is 5.23. The van der Waals surface area contributed by atoms with Crippen LogP contribution in [0.2, 0.25) is 0 Å². The molecule has 11 heteroatoms. The third-order valence-corrected chi connectivity index (χ3v) is 7.59. The molecule has 1 saturated carbocycles. The number of para-hydroxylation sites is 1. The van der Waals surface area contributed by atoms with Crippen LogP contribution in [0.25, 0.3) is 0 Å². The third-order valence-electron chi connectivity index (χ3n) is 7.59. The van der Waals surface area contributed by atoms with E-state index < -0.39 is 24.0 Å². The SMILES string of the molecule is COC(=O)C(Cc1ccc(OC)cc1)NC(=O)C1CN(C(=O)Nc2ccccc2)CCN1C(=O)NC1CCCCC1. The molecular formula is C30H39N5O6. The van der Waals surface area contributed by atoms with Crippen molar-refractivity contribution in [3.63, 3.8) is 0 Å². The van der Waals surface area contributed by atoms with Gasteiger partial charge in [-0.3, -0.25) is 4.79 Å². The Morgan fingerprint density at radius 2 is 1.61 bits per heavy atom. The molecule has 5 amide bonds. The first-order valence-electron chi connectivity index (χ1n) is 14.1. The first-order valence-corrected chi connectivity index (χ1v) is 14.1. The van der Waals surface area contributed by atoms with Gasteiger partial charge in [0.05, 0.1) is 20.8 Å². The normalized spacial score (nSPS) is 18.1. The molecule has 0 spiro atoms. The zero-order valence-corrected chi connectivity index (χ0v) is 23.6. The van der Waals surface area contributed by atoms with Crippen molar-refractivity contribution in [2.24, 2.45) is 0 Å². The van der Waals surface area contributed by atoms with E-state index in [0.717, 1.165) is 37.7 Å². The van der Waals surface area contributed by atoms with E-state index in [1.807, 2.05) is 18.2 Å². The van der Waals surface area contributed by atoms with Gasteiger partial charge in [0.2, 0.25) is 5.91 Å². The van der Waals surface area contributed by atoms with E-state index in [4.69, 9.17) is 9.47 Å². The molecule has 2 aliphatic rings. The molecule has 2 aromatic rings. The van der Waals surface area contributed by atoms with E-state index in [1.165, 1.54) is 16.9 Å². The molecule has 41 heavy (non-hydrogen) atoms. The second-order valence-electron chi connectivity index (χ2n) is 10.4. The predicted octanol–water partition coefficient (Wildman–Crippen LogP) is 3.16. The van der Waals surface area contributed by atoms with Gasteiger partial charge in [-0.25, -0.2) is 14.4 Å². The average molecular weight is 566 g/mol. The second kappa shape index (κ2) is 14.4. The minimum Gasteiger partial charge on any atom is -0.497 e. The highest BCUT2D eigenvalue weighted by molar-refractivity contribution is 5.93. The molecule has 1 heterocycles. The summed E-state index contributed by atoms with van der Waals surface area (Å²) in [5.74, 6) is -0.477. The molecule has 2 unspecified atom stereocenters. The Morgan fingerprint density at radius 3 is 2.27 bits per heavy atom. The number of carbonyl (C=O) groups excluding carboxylic acids is 4. The summed E-state index contributed by atoms with van der Waals surface area (Å²) in [4.78, 5) is 55.9. The summed E-state index contributed by atoms with van der Waals surface area (Å²) in [7, 11) is 2.83. The van der Waals surface area contributed by atoms with Crippen molar-refractivity contribution in [2.45, 2.75) is 56.7 Å². The number of nitrogens with one attached hydrogen (secondary N) is 3. The van der Waals surface area contributed by atoms with E-state index in [2.05, 4.69) is 16.0 Å². The van der Waals surface area contributed by atoms with Gasteiger partial charge in [0.15, 0.2) is 0 Å². The number of amides is 5. The lowest BCUT2D eigenvalue weighted by Gasteiger charge is -2.41. The lowest BCUT2D eigenvalue weighted by molar-refractivity contribution is -0.145. The highest BCUT2D eigenvalue weighted by Gasteiger charge is 2.39. The fourth-order valence-electron chi connectivity index (χ4n) is 5.26. The van der Waals surface area contributed by atoms with Gasteiger partial charge >= 0.3 is 18.0 Å². The summed E-state index contributed by atoms with van der Waals surface area (Å²) in [5.41, 5.74) is 1.42. The molecule has 4 rings (SSSR count). The van der Waals surface area contributed by atoms with Crippen LogP contribution < -0.4 is 20.7 Å². The molecule has 3 N–H and O–H groups in total. The number of methoxy groups -OCH3 is 2. The Morgan fingerprint density at radius 1 is 0.902 bits per heavy atom. The first-order chi connectivity index (χ1) is 19.9. The van der Waals surface area contributed by atoms with Gasteiger partial charge in [0.1, 0.15) is 17.8 Å². The van der Waals surface area contributed by atoms with Crippen molar-refractivity contribution in [1.82, 2.24) is 20.4 Å². The zero-order chi connectivity index (χ0) is 29.2. The predicted molar refractivity (Wildman–Crippen MR) is 154 cm³/mol. The molecule has 2 fully saturated rings. The number of nitrogens with zero attached hydrogens (tertiary/aromatic N) is 2. The van der Waals surface area contributed by atoms with Crippen molar-refractivity contribution < 1.29 is 28.7 Å². The number of urea groups is 2. The van der Waals surface area contributed by atoms with Crippen molar-refractivity contribution >= 4 is 29.6 Å². The summed E-state index contributed by atoms with van der Waals surface area (Å²) in [6, 6.07) is 13.5. The molecule has 1 aliphatic carbocycles. The quantitative estimate of drug-likeness (QED) is 0.422. The Bertz CT molecular complexity index is 1190. The number of ether oxygens (including phenoxy) is 2. The van der Waals surface area contributed by atoms with Gasteiger partial charge < -0.3 is 35.2 Å². The number of rotatable bonds is 8. The van der Waals surface area contributed by atoms with E-state index >= 15 is 0 Å². The lowest BCUT2D eigenvalue weighted by Crippen LogP contribution is -2.65. The molecule has 1 aliphatic heterocycles. The molecule has 0 aromatic heterocycles. The van der Waals surface area contributed by atoms with Crippen LogP contribution in [0.1, 0.15) is 37.7 Å². The van der Waals surface area contributed by atoms with Gasteiger partial charge in [-0.05, 0) is 42.7 Å². The highest BCUT2D eigenvalue weighted by atomic mass is 16.5. The van der Waals surface area contributed by atoms with Crippen LogP contribution in [-0.2, 0) is 20.7 Å². The van der Waals surface area contributed by atoms with Crippen molar-refractivity contribution in [2.75, 3.05) is 39.2 Å². The Balaban J connectivity index is 1.50. The maximum atomic E-state index is 13.7. The van der Waals surface area contributed by atoms with Gasteiger partial charge in [0, 0.05) is 31.2 Å². The molecule has 1 saturated heterocycles. The van der Waals surface area contributed by atoms with Crippen LogP contribution in [-0.4, -0.2) is 85.7 Å². The number of anilines is 1. The van der Waals surface area contributed by atoms with Crippen molar-refractivity contribution in [1.29, 1.82) is 0 Å². The van der Waals surface area contributed by atoms with Gasteiger partial charge in [0.25, 0.3) is 0 Å². The number of esters is 1. The molecule has 220 valence electrons. The molecule has 11 nitrogen and oxygen atoms in total. The number of carbonyl (C=O) groups is 4. The van der Waals surface area contributed by atoms with E-state index in [-0.39, 0.29) is 44.2 Å². The van der Waals surface area contributed by atoms with Gasteiger partial charge in [-0.15, -0.1) is 0 Å². The Hall–Kier alpha value is -4.28. The highest BCUT2D eigenvalue weighted by Crippen LogP contribution is 2.20. The maximum absolute atomic E-state index is 13.7. The Kier molecular flexibility index (Phi) is 10.4. The topological polar surface area (TPSA) is 129 Å². The number of piperazine rings is 1. The first kappa shape index (κ1) is 29.7. The Labute approximate surface area is 240 Å². The van der Waals surface area contributed by atoms with Crippen LogP contribution in [0, 0.1) is 0 Å². The van der Waals surface area contributed by atoms with Crippen LogP contribution in [0.3, 0.4) is 0 Å². The van der Waals surface area contributed by atoms with Crippen LogP contribution >= 0.6 is 0 Å². The smallest absolute Gasteiger partial charge is 0.328 e. The minimum atomic E-state index is -1.00. The third kappa shape index (κ3) is 8.12. The van der Waals surface area contributed by atoms with E-state index in [0.29, 0.717) is 11.4 Å². The zero-order valence-electron chi connectivity index (χ0n) is 23.6. The van der Waals surface area contributed by atoms with E-state index in [9.17, 15) is 19.2 Å². The fraction of sp³-hybridized carbons (Fsp3) is 0.467. The molecule has 0 radical (unpaired) electrons. The molecular weight excluding hydrogens is 526 g/mol. The monoisotopic (exact) mass is 565 g/mol. The minimum absolute atomic E-state index is 0.0288. The molecule has 2 atom stereocenters. The summed E-state index contributed by atoms with van der Waals surface area (Å²) >= 11 is 0. The maximum Gasteiger partial charge on any atom is 0.328 e. The van der Waals surface area contributed by atoms with Crippen molar-refractivity contribution in [3.05, 3.63) is 60.2 Å². The average Bonchev–Trinajstić information content (AvgIpc) is 3.01. The fourth-order valence-corrected chi connectivity index (χ4v) is 5.26. The van der Waals surface area contributed by atoms with E-state index in [1.54, 1.807) is 43.5 Å². The number of hydrogen-bond acceptors (Lipinski definition) is 6. The summed E-state index contributed by atoms with van der Waals surface area (Å²) < 4.78 is 10.2. The second-order valence-corrected chi connectivity index (χ2v) is 10.4. The van der Waals surface area contributed by atoms with Crippen LogP contribution in [0.5, 0.6) is 5.75 Å². The van der Waals surface area contributed by atoms with Gasteiger partial charge in [-0.2, -0.15) is 0 Å². The standard InChI is InChI=1S/C30H39N5O6/c1-40-24-15-13-21(14-16-24)19-25(28(37)41-2)33-27(36)26-20-34(29(38)31-22-9-5-3-6-10-22)17-18-35(26)30(39)32-23-11-7-4-8-12-23/h3,5-6,9-10,13-16,23,25-26H,4,7-8,11-12,17-20H2,1-2H3,(H,31,38)(H,32,39)(H,33,36). The van der Waals surface area contributed by atoms with Gasteiger partial charge in [-0.1, -0.05) is 49.6 Å².